The minimum Gasteiger partial charge on any atom is -0.481 e. The second kappa shape index (κ2) is 3.80. The summed E-state index contributed by atoms with van der Waals surface area (Å²) in [5, 5.41) is 8.07. The number of rotatable bonds is 3. The molecule has 1 heterocycles. The predicted octanol–water partition coefficient (Wildman–Crippen LogP) is 0.508. The highest BCUT2D eigenvalue weighted by Crippen LogP contribution is 2.25. The summed E-state index contributed by atoms with van der Waals surface area (Å²) in [7, 11) is 0. The molecule has 4 nitrogen and oxygen atoms in total. The minimum atomic E-state index is -0.896. The first-order valence-corrected chi connectivity index (χ1v) is 4.68. The van der Waals surface area contributed by atoms with Crippen LogP contribution in [0.1, 0.15) is 13.3 Å². The van der Waals surface area contributed by atoms with Crippen LogP contribution in [0.25, 0.3) is 0 Å². The number of esters is 1. The summed E-state index contributed by atoms with van der Waals surface area (Å²) in [5.74, 6) is -1.21. The van der Waals surface area contributed by atoms with E-state index in [2.05, 4.69) is 0 Å². The van der Waals surface area contributed by atoms with Crippen LogP contribution in [0.2, 0.25) is 0 Å². The summed E-state index contributed by atoms with van der Waals surface area (Å²) < 4.78 is 4.85. The van der Waals surface area contributed by atoms with Crippen molar-refractivity contribution in [2.24, 2.45) is 0 Å². The van der Waals surface area contributed by atoms with Crippen molar-refractivity contribution in [3.05, 3.63) is 0 Å². The largest absolute Gasteiger partial charge is 0.481 e. The number of ether oxygens (including phenoxy) is 1. The van der Waals surface area contributed by atoms with Gasteiger partial charge in [-0.05, 0) is 6.92 Å². The van der Waals surface area contributed by atoms with E-state index in [0.29, 0.717) is 6.42 Å². The molecule has 0 aromatic heterocycles. The normalized spacial score (nSPS) is 28.6. The molecule has 1 aliphatic rings. The van der Waals surface area contributed by atoms with Gasteiger partial charge in [-0.15, -0.1) is 11.8 Å². The Hall–Kier alpha value is -0.710. The summed E-state index contributed by atoms with van der Waals surface area (Å²) in [6.07, 6.45) is 0.556. The van der Waals surface area contributed by atoms with Gasteiger partial charge in [0.1, 0.15) is 11.4 Å². The van der Waals surface area contributed by atoms with Crippen molar-refractivity contribution in [1.29, 1.82) is 0 Å². The fraction of sp³-hybridized carbons (Fsp3) is 0.714. The zero-order chi connectivity index (χ0) is 9.14. The Labute approximate surface area is 74.3 Å². The van der Waals surface area contributed by atoms with E-state index in [1.807, 2.05) is 0 Å². The molecule has 1 rings (SSSR count). The van der Waals surface area contributed by atoms with Gasteiger partial charge in [0, 0.05) is 6.42 Å². The van der Waals surface area contributed by atoms with Crippen LogP contribution in [0.3, 0.4) is 0 Å². The van der Waals surface area contributed by atoms with Crippen LogP contribution in [-0.4, -0.2) is 34.2 Å². The molecular formula is C7H10O4S. The summed E-state index contributed by atoms with van der Waals surface area (Å²) >= 11 is 1.13. The molecule has 0 aromatic carbocycles. The predicted molar refractivity (Wildman–Crippen MR) is 44.1 cm³/mol. The summed E-state index contributed by atoms with van der Waals surface area (Å²) in [6, 6.07) is 0. The lowest BCUT2D eigenvalue weighted by Gasteiger charge is -2.00. The van der Waals surface area contributed by atoms with Crippen LogP contribution in [0.4, 0.5) is 0 Å². The number of hydrogen-bond acceptors (Lipinski definition) is 4. The Balaban J connectivity index is 2.33. The molecule has 0 amide bonds. The van der Waals surface area contributed by atoms with Crippen molar-refractivity contribution in [1.82, 2.24) is 0 Å². The molecule has 2 atom stereocenters. The highest BCUT2D eigenvalue weighted by molar-refractivity contribution is 8.01. The lowest BCUT2D eigenvalue weighted by Crippen LogP contribution is -2.12. The quantitative estimate of drug-likeness (QED) is 0.657. The molecule has 0 aromatic rings. The van der Waals surface area contributed by atoms with E-state index in [1.165, 1.54) is 0 Å². The Morgan fingerprint density at radius 3 is 2.92 bits per heavy atom. The third-order valence-corrected chi connectivity index (χ3v) is 2.74. The molecule has 0 aliphatic carbocycles. The van der Waals surface area contributed by atoms with Gasteiger partial charge in [-0.2, -0.15) is 0 Å². The Morgan fingerprint density at radius 1 is 1.83 bits per heavy atom. The fourth-order valence-electron chi connectivity index (χ4n) is 1.03. The minimum absolute atomic E-state index is 0.0352. The number of thioether (sulfide) groups is 1. The maximum atomic E-state index is 11.0. The van der Waals surface area contributed by atoms with Gasteiger partial charge in [0.15, 0.2) is 0 Å². The van der Waals surface area contributed by atoms with Gasteiger partial charge in [0.2, 0.25) is 0 Å². The maximum absolute atomic E-state index is 11.0. The molecule has 5 heteroatoms. The van der Waals surface area contributed by atoms with Gasteiger partial charge in [0.05, 0.1) is 5.75 Å². The summed E-state index contributed by atoms with van der Waals surface area (Å²) in [4.78, 5) is 21.1. The van der Waals surface area contributed by atoms with Gasteiger partial charge >= 0.3 is 11.9 Å². The zero-order valence-corrected chi connectivity index (χ0v) is 7.47. The standard InChI is InChI=1S/C7H10O4S/c1-4-2-5(7(10)11-4)12-3-6(8)9/h4-5H,2-3H2,1H3,(H,8,9). The molecule has 0 saturated carbocycles. The summed E-state index contributed by atoms with van der Waals surface area (Å²) in [5.41, 5.74) is 0. The number of carbonyl (C=O) groups is 2. The van der Waals surface area contributed by atoms with Crippen LogP contribution in [-0.2, 0) is 14.3 Å². The van der Waals surface area contributed by atoms with Gasteiger partial charge < -0.3 is 9.84 Å². The molecule has 1 fully saturated rings. The third-order valence-electron chi connectivity index (χ3n) is 1.53. The molecular weight excluding hydrogens is 180 g/mol. The highest BCUT2D eigenvalue weighted by atomic mass is 32.2. The average Bonchev–Trinajstić information content (AvgIpc) is 2.26. The van der Waals surface area contributed by atoms with E-state index in [1.54, 1.807) is 6.92 Å². The van der Waals surface area contributed by atoms with Gasteiger partial charge in [0.25, 0.3) is 0 Å². The van der Waals surface area contributed by atoms with E-state index in [4.69, 9.17) is 9.84 Å². The number of carboxylic acid groups (broad SMARTS) is 1. The monoisotopic (exact) mass is 190 g/mol. The lowest BCUT2D eigenvalue weighted by atomic mass is 10.3. The van der Waals surface area contributed by atoms with Gasteiger partial charge in [-0.1, -0.05) is 0 Å². The Kier molecular flexibility index (Phi) is 2.97. The second-order valence-electron chi connectivity index (χ2n) is 2.68. The Bertz CT molecular complexity index is 204. The fourth-order valence-corrected chi connectivity index (χ4v) is 1.97. The van der Waals surface area contributed by atoms with Crippen molar-refractivity contribution in [3.8, 4) is 0 Å². The van der Waals surface area contributed by atoms with E-state index in [0.717, 1.165) is 11.8 Å². The van der Waals surface area contributed by atoms with Crippen molar-refractivity contribution in [3.63, 3.8) is 0 Å². The molecule has 0 spiro atoms. The van der Waals surface area contributed by atoms with E-state index in [-0.39, 0.29) is 23.1 Å². The molecule has 1 saturated heterocycles. The van der Waals surface area contributed by atoms with Crippen molar-refractivity contribution in [2.75, 3.05) is 5.75 Å². The lowest BCUT2D eigenvalue weighted by molar-refractivity contribution is -0.140. The van der Waals surface area contributed by atoms with Crippen LogP contribution in [0.5, 0.6) is 0 Å². The zero-order valence-electron chi connectivity index (χ0n) is 6.65. The number of carboxylic acids is 1. The van der Waals surface area contributed by atoms with Crippen molar-refractivity contribution >= 4 is 23.7 Å². The third kappa shape index (κ3) is 2.41. The van der Waals surface area contributed by atoms with E-state index >= 15 is 0 Å². The molecule has 0 radical (unpaired) electrons. The molecule has 68 valence electrons. The Morgan fingerprint density at radius 2 is 2.50 bits per heavy atom. The van der Waals surface area contributed by atoms with E-state index in [9.17, 15) is 9.59 Å². The van der Waals surface area contributed by atoms with Crippen LogP contribution in [0.15, 0.2) is 0 Å². The van der Waals surface area contributed by atoms with E-state index < -0.39 is 5.97 Å². The topological polar surface area (TPSA) is 63.6 Å². The molecule has 2 unspecified atom stereocenters. The first-order chi connectivity index (χ1) is 5.59. The number of cyclic esters (lactones) is 1. The van der Waals surface area contributed by atoms with Crippen LogP contribution >= 0.6 is 11.8 Å². The van der Waals surface area contributed by atoms with Gasteiger partial charge in [-0.25, -0.2) is 0 Å². The first kappa shape index (κ1) is 9.38. The molecule has 1 aliphatic heterocycles. The number of aliphatic carboxylic acids is 1. The smallest absolute Gasteiger partial charge is 0.319 e. The maximum Gasteiger partial charge on any atom is 0.319 e. The van der Waals surface area contributed by atoms with Crippen molar-refractivity contribution in [2.45, 2.75) is 24.7 Å². The molecule has 12 heavy (non-hydrogen) atoms. The molecule has 0 bridgehead atoms. The van der Waals surface area contributed by atoms with Crippen molar-refractivity contribution < 1.29 is 19.4 Å². The highest BCUT2D eigenvalue weighted by Gasteiger charge is 2.32. The second-order valence-corrected chi connectivity index (χ2v) is 3.87. The summed E-state index contributed by atoms with van der Waals surface area (Å²) in [6.45, 7) is 1.80. The SMILES string of the molecule is CC1CC(SCC(=O)O)C(=O)O1. The number of hydrogen-bond donors (Lipinski definition) is 1. The van der Waals surface area contributed by atoms with Gasteiger partial charge in [-0.3, -0.25) is 9.59 Å². The van der Waals surface area contributed by atoms with Crippen LogP contribution < -0.4 is 0 Å². The van der Waals surface area contributed by atoms with Crippen LogP contribution in [0, 0.1) is 0 Å². The first-order valence-electron chi connectivity index (χ1n) is 3.63. The molecule has 1 N–H and O–H groups in total. The average molecular weight is 190 g/mol. The number of carbonyl (C=O) groups excluding carboxylic acids is 1.